The van der Waals surface area contributed by atoms with Crippen LogP contribution < -0.4 is 21.1 Å². The number of hydrogen-bond acceptors (Lipinski definition) is 6. The zero-order valence-corrected chi connectivity index (χ0v) is 21.5. The van der Waals surface area contributed by atoms with Crippen LogP contribution >= 0.6 is 0 Å². The summed E-state index contributed by atoms with van der Waals surface area (Å²) in [5.41, 5.74) is 7.32. The van der Waals surface area contributed by atoms with Crippen LogP contribution in [0.2, 0.25) is 0 Å². The second-order valence-electron chi connectivity index (χ2n) is 9.10. The fourth-order valence-electron chi connectivity index (χ4n) is 3.48. The fraction of sp³-hybridized carbons (Fsp3) is 0.400. The molecule has 36 heavy (non-hydrogen) atoms. The number of sulfonamides is 1. The summed E-state index contributed by atoms with van der Waals surface area (Å²) in [6, 6.07) is 12.9. The first-order chi connectivity index (χ1) is 16.9. The minimum absolute atomic E-state index is 0.0515. The normalized spacial score (nSPS) is 14.0. The predicted octanol–water partition coefficient (Wildman–Crippen LogP) is 0.987. The van der Waals surface area contributed by atoms with Crippen molar-refractivity contribution in [3.8, 4) is 0 Å². The van der Waals surface area contributed by atoms with E-state index in [9.17, 15) is 23.1 Å². The van der Waals surface area contributed by atoms with Crippen LogP contribution in [0.3, 0.4) is 0 Å². The van der Waals surface area contributed by atoms with Crippen molar-refractivity contribution in [1.29, 1.82) is 5.41 Å². The number of hydrogen-bond donors (Lipinski definition) is 6. The number of aliphatic hydroxyl groups excluding tert-OH is 1. The van der Waals surface area contributed by atoms with Crippen LogP contribution in [0.5, 0.6) is 0 Å². The molecule has 0 aliphatic carbocycles. The Morgan fingerprint density at radius 2 is 1.58 bits per heavy atom. The highest BCUT2D eigenvalue weighted by atomic mass is 32.2. The van der Waals surface area contributed by atoms with E-state index in [1.54, 1.807) is 54.6 Å². The van der Waals surface area contributed by atoms with Crippen LogP contribution in [0, 0.1) is 11.3 Å². The van der Waals surface area contributed by atoms with Gasteiger partial charge in [-0.3, -0.25) is 15.0 Å². The maximum atomic E-state index is 13.0. The maximum absolute atomic E-state index is 13.0. The molecular weight excluding hydrogens is 482 g/mol. The van der Waals surface area contributed by atoms with E-state index in [1.807, 2.05) is 13.8 Å². The lowest BCUT2D eigenvalue weighted by atomic mass is 10.0. The van der Waals surface area contributed by atoms with Crippen LogP contribution in [-0.4, -0.2) is 49.4 Å². The Morgan fingerprint density at radius 3 is 2.11 bits per heavy atom. The van der Waals surface area contributed by atoms with Gasteiger partial charge in [-0.25, -0.2) is 8.42 Å². The molecule has 0 aliphatic rings. The molecule has 0 spiro atoms. The largest absolute Gasteiger partial charge is 0.391 e. The first kappa shape index (κ1) is 29.0. The van der Waals surface area contributed by atoms with Crippen molar-refractivity contribution in [3.05, 3.63) is 71.3 Å². The fourth-order valence-corrected chi connectivity index (χ4v) is 4.88. The summed E-state index contributed by atoms with van der Waals surface area (Å²) in [5, 5.41) is 23.0. The van der Waals surface area contributed by atoms with Crippen LogP contribution in [-0.2, 0) is 31.9 Å². The minimum Gasteiger partial charge on any atom is -0.391 e. The lowest BCUT2D eigenvalue weighted by Gasteiger charge is -2.25. The monoisotopic (exact) mass is 517 g/mol. The van der Waals surface area contributed by atoms with Gasteiger partial charge in [0.15, 0.2) is 0 Å². The smallest absolute Gasteiger partial charge is 0.242 e. The third-order valence-electron chi connectivity index (χ3n) is 5.34. The molecule has 2 amide bonds. The summed E-state index contributed by atoms with van der Waals surface area (Å²) in [7, 11) is -3.95. The molecule has 2 aromatic rings. The lowest BCUT2D eigenvalue weighted by Crippen LogP contribution is -2.57. The number of benzene rings is 2. The molecule has 2 aromatic carbocycles. The van der Waals surface area contributed by atoms with Crippen LogP contribution in [0.15, 0.2) is 54.6 Å². The van der Waals surface area contributed by atoms with Gasteiger partial charge in [0.25, 0.3) is 0 Å². The van der Waals surface area contributed by atoms with Crippen molar-refractivity contribution in [2.24, 2.45) is 11.7 Å². The van der Waals surface area contributed by atoms with E-state index in [0.717, 1.165) is 5.56 Å². The van der Waals surface area contributed by atoms with Gasteiger partial charge < -0.3 is 21.5 Å². The molecule has 7 N–H and O–H groups in total. The van der Waals surface area contributed by atoms with Gasteiger partial charge in [0, 0.05) is 12.1 Å². The van der Waals surface area contributed by atoms with E-state index in [1.165, 1.54) is 6.92 Å². The number of nitrogen functional groups attached to an aromatic ring is 1. The number of nitrogens with two attached hydrogens (primary N) is 1. The molecule has 0 bridgehead atoms. The van der Waals surface area contributed by atoms with Gasteiger partial charge in [-0.05, 0) is 30.4 Å². The van der Waals surface area contributed by atoms with Crippen molar-refractivity contribution >= 4 is 27.7 Å². The second-order valence-corrected chi connectivity index (χ2v) is 10.9. The number of carbonyl (C=O) groups is 2. The zero-order valence-electron chi connectivity index (χ0n) is 20.7. The minimum atomic E-state index is -3.95. The molecule has 2 rings (SSSR count). The van der Waals surface area contributed by atoms with Gasteiger partial charge >= 0.3 is 0 Å². The van der Waals surface area contributed by atoms with Gasteiger partial charge in [-0.1, -0.05) is 68.4 Å². The summed E-state index contributed by atoms with van der Waals surface area (Å²) in [6.45, 7) is 5.27. The van der Waals surface area contributed by atoms with Crippen molar-refractivity contribution in [2.75, 3.05) is 0 Å². The molecule has 0 aliphatic heterocycles. The Bertz CT molecular complexity index is 1140. The highest BCUT2D eigenvalue weighted by Crippen LogP contribution is 2.10. The van der Waals surface area contributed by atoms with E-state index in [2.05, 4.69) is 15.4 Å². The predicted molar refractivity (Wildman–Crippen MR) is 138 cm³/mol. The Morgan fingerprint density at radius 1 is 0.972 bits per heavy atom. The van der Waals surface area contributed by atoms with Gasteiger partial charge in [0.2, 0.25) is 21.8 Å². The average Bonchev–Trinajstić information content (AvgIpc) is 2.80. The molecule has 0 saturated heterocycles. The molecule has 0 fully saturated rings. The molecule has 3 atom stereocenters. The third kappa shape index (κ3) is 9.40. The van der Waals surface area contributed by atoms with Crippen molar-refractivity contribution in [2.45, 2.75) is 57.7 Å². The molecule has 3 unspecified atom stereocenters. The van der Waals surface area contributed by atoms with E-state index in [0.29, 0.717) is 17.5 Å². The topological polar surface area (TPSA) is 174 Å². The summed E-state index contributed by atoms with van der Waals surface area (Å²) >= 11 is 0. The number of carbonyl (C=O) groups excluding carboxylic acids is 2. The average molecular weight is 518 g/mol. The van der Waals surface area contributed by atoms with Gasteiger partial charge in [0.05, 0.1) is 11.9 Å². The number of amidine groups is 1. The molecule has 0 heterocycles. The van der Waals surface area contributed by atoms with Crippen molar-refractivity contribution in [3.63, 3.8) is 0 Å². The molecule has 196 valence electrons. The van der Waals surface area contributed by atoms with Gasteiger partial charge in [0.1, 0.15) is 17.9 Å². The van der Waals surface area contributed by atoms with Crippen molar-refractivity contribution in [1.82, 2.24) is 15.4 Å². The Kier molecular flexibility index (Phi) is 10.6. The van der Waals surface area contributed by atoms with Crippen molar-refractivity contribution < 1.29 is 23.1 Å². The Labute approximate surface area is 212 Å². The first-order valence-corrected chi connectivity index (χ1v) is 13.3. The van der Waals surface area contributed by atoms with E-state index < -0.39 is 40.0 Å². The molecule has 0 radical (unpaired) electrons. The molecule has 0 saturated carbocycles. The van der Waals surface area contributed by atoms with E-state index >= 15 is 0 Å². The zero-order chi connectivity index (χ0) is 26.9. The molecular formula is C25H35N5O5S. The molecule has 0 aromatic heterocycles. The van der Waals surface area contributed by atoms with Gasteiger partial charge in [-0.15, -0.1) is 0 Å². The quantitative estimate of drug-likeness (QED) is 0.171. The van der Waals surface area contributed by atoms with E-state index in [-0.39, 0.29) is 24.1 Å². The number of amides is 2. The van der Waals surface area contributed by atoms with Gasteiger partial charge in [-0.2, -0.15) is 4.72 Å². The SMILES string of the molecule is CC(C)CC(NC(=O)C(NS(=O)(=O)Cc1ccccc1)C(C)O)C(=O)NCc1ccc(C(=N)N)cc1. The summed E-state index contributed by atoms with van der Waals surface area (Å²) in [5.74, 6) is -1.60. The molecule has 10 nitrogen and oxygen atoms in total. The lowest BCUT2D eigenvalue weighted by molar-refractivity contribution is -0.131. The number of aliphatic hydroxyl groups is 1. The summed E-state index contributed by atoms with van der Waals surface area (Å²) < 4.78 is 27.5. The maximum Gasteiger partial charge on any atom is 0.242 e. The Balaban J connectivity index is 2.07. The first-order valence-electron chi connectivity index (χ1n) is 11.6. The second kappa shape index (κ2) is 13.1. The number of rotatable bonds is 13. The highest BCUT2D eigenvalue weighted by Gasteiger charge is 2.32. The van der Waals surface area contributed by atoms with E-state index in [4.69, 9.17) is 11.1 Å². The Hall–Kier alpha value is -3.28. The summed E-state index contributed by atoms with van der Waals surface area (Å²) in [6.07, 6.45) is -1.03. The number of nitrogens with one attached hydrogen (secondary N) is 4. The molecule has 11 heteroatoms. The van der Waals surface area contributed by atoms with Crippen LogP contribution in [0.4, 0.5) is 0 Å². The van der Waals surface area contributed by atoms with Crippen LogP contribution in [0.1, 0.15) is 43.9 Å². The van der Waals surface area contributed by atoms with Crippen LogP contribution in [0.25, 0.3) is 0 Å². The third-order valence-corrected chi connectivity index (χ3v) is 6.67. The standard InChI is InChI=1S/C25H35N5O5S/c1-16(2)13-21(24(32)28-14-18-9-11-20(12-10-18)23(26)27)29-25(33)22(17(3)31)30-36(34,35)15-19-7-5-4-6-8-19/h4-12,16-17,21-22,30-31H,13-15H2,1-3H3,(H3,26,27)(H,28,32)(H,29,33). The summed E-state index contributed by atoms with van der Waals surface area (Å²) in [4.78, 5) is 25.9. The highest BCUT2D eigenvalue weighted by molar-refractivity contribution is 7.88.